The lowest BCUT2D eigenvalue weighted by atomic mass is 10.3. The van der Waals surface area contributed by atoms with Gasteiger partial charge >= 0.3 is 0 Å². The molecule has 0 saturated carbocycles. The number of hydrogen-bond donors (Lipinski definition) is 1. The van der Waals surface area contributed by atoms with Crippen LogP contribution in [0.3, 0.4) is 0 Å². The van der Waals surface area contributed by atoms with Crippen LogP contribution >= 0.6 is 27.3 Å². The van der Waals surface area contributed by atoms with Crippen molar-refractivity contribution in [2.45, 2.75) is 13.8 Å². The number of aromatic nitrogens is 4. The van der Waals surface area contributed by atoms with Gasteiger partial charge in [-0.2, -0.15) is 5.10 Å². The minimum atomic E-state index is -0.481. The number of hydrogen-bond acceptors (Lipinski definition) is 5. The van der Waals surface area contributed by atoms with Gasteiger partial charge in [0.25, 0.3) is 11.5 Å². The number of rotatable bonds is 2. The summed E-state index contributed by atoms with van der Waals surface area (Å²) in [5.41, 5.74) is 2.46. The number of fused-ring (bicyclic) bond motifs is 1. The molecule has 0 aromatic carbocycles. The summed E-state index contributed by atoms with van der Waals surface area (Å²) in [7, 11) is 1.71. The molecule has 0 saturated heterocycles. The molecule has 0 fully saturated rings. The number of nitrogens with zero attached hydrogens (tertiary/aromatic N) is 4. The molecule has 1 N–H and O–H groups in total. The normalized spacial score (nSPS) is 11.1. The van der Waals surface area contributed by atoms with E-state index in [1.807, 2.05) is 6.92 Å². The van der Waals surface area contributed by atoms with Crippen LogP contribution in [-0.4, -0.2) is 25.3 Å². The van der Waals surface area contributed by atoms with E-state index in [0.29, 0.717) is 20.5 Å². The summed E-state index contributed by atoms with van der Waals surface area (Å²) in [6.07, 6.45) is 1.66. The van der Waals surface area contributed by atoms with Gasteiger partial charge in [0.05, 0.1) is 9.86 Å². The van der Waals surface area contributed by atoms with E-state index in [1.165, 1.54) is 16.0 Å². The van der Waals surface area contributed by atoms with Gasteiger partial charge in [0.2, 0.25) is 0 Å². The maximum absolute atomic E-state index is 12.5. The minimum Gasteiger partial charge on any atom is -0.274 e. The van der Waals surface area contributed by atoms with Gasteiger partial charge in [0, 0.05) is 18.1 Å². The molecular weight excluding hydrogens is 370 g/mol. The second-order valence-electron chi connectivity index (χ2n) is 4.82. The van der Waals surface area contributed by atoms with Gasteiger partial charge in [0.1, 0.15) is 10.7 Å². The Bertz CT molecular complexity index is 955. The third kappa shape index (κ3) is 2.46. The summed E-state index contributed by atoms with van der Waals surface area (Å²) < 4.78 is 3.22. The van der Waals surface area contributed by atoms with E-state index in [-0.39, 0.29) is 11.3 Å². The number of carbonyl (C=O) groups is 1. The molecule has 3 rings (SSSR count). The van der Waals surface area contributed by atoms with Gasteiger partial charge in [-0.1, -0.05) is 0 Å². The Labute approximate surface area is 137 Å². The SMILES string of the molecule is Cc1cc2c(=O)n(NC(=O)c3nn(C)cc3Br)c(C)nc2s1. The lowest BCUT2D eigenvalue weighted by Crippen LogP contribution is -2.35. The second-order valence-corrected chi connectivity index (χ2v) is 6.90. The fourth-order valence-corrected chi connectivity index (χ4v) is 3.57. The maximum Gasteiger partial charge on any atom is 0.291 e. The zero-order valence-electron chi connectivity index (χ0n) is 12.0. The lowest BCUT2D eigenvalue weighted by Gasteiger charge is -2.09. The van der Waals surface area contributed by atoms with Crippen LogP contribution in [-0.2, 0) is 7.05 Å². The van der Waals surface area contributed by atoms with Crippen LogP contribution < -0.4 is 11.0 Å². The Kier molecular flexibility index (Phi) is 3.61. The van der Waals surface area contributed by atoms with Crippen LogP contribution in [0.15, 0.2) is 21.5 Å². The Balaban J connectivity index is 2.05. The third-order valence-corrected chi connectivity index (χ3v) is 4.59. The number of amides is 1. The number of aryl methyl sites for hydroxylation is 3. The van der Waals surface area contributed by atoms with Crippen LogP contribution in [0, 0.1) is 13.8 Å². The van der Waals surface area contributed by atoms with Gasteiger partial charge in [-0.05, 0) is 35.8 Å². The molecule has 0 spiro atoms. The Morgan fingerprint density at radius 2 is 2.14 bits per heavy atom. The zero-order valence-corrected chi connectivity index (χ0v) is 14.4. The first-order valence-electron chi connectivity index (χ1n) is 6.37. The molecule has 1 amide bonds. The van der Waals surface area contributed by atoms with Crippen LogP contribution in [0.1, 0.15) is 21.2 Å². The van der Waals surface area contributed by atoms with Gasteiger partial charge < -0.3 is 0 Å². The van der Waals surface area contributed by atoms with Gasteiger partial charge in [-0.15, -0.1) is 11.3 Å². The van der Waals surface area contributed by atoms with Crippen molar-refractivity contribution in [3.8, 4) is 0 Å². The molecule has 9 heteroatoms. The molecule has 22 heavy (non-hydrogen) atoms. The smallest absolute Gasteiger partial charge is 0.274 e. The van der Waals surface area contributed by atoms with Crippen molar-refractivity contribution in [1.29, 1.82) is 0 Å². The van der Waals surface area contributed by atoms with Crippen molar-refractivity contribution in [3.05, 3.63) is 43.5 Å². The number of carbonyl (C=O) groups excluding carboxylic acids is 1. The molecule has 114 valence electrons. The lowest BCUT2D eigenvalue weighted by molar-refractivity contribution is 0.1000. The quantitative estimate of drug-likeness (QED) is 0.735. The maximum atomic E-state index is 12.5. The largest absolute Gasteiger partial charge is 0.291 e. The Morgan fingerprint density at radius 1 is 1.41 bits per heavy atom. The number of halogens is 1. The first kappa shape index (κ1) is 14.9. The molecule has 0 aliphatic heterocycles. The first-order chi connectivity index (χ1) is 10.4. The summed E-state index contributed by atoms with van der Waals surface area (Å²) in [5.74, 6) is -0.0643. The summed E-state index contributed by atoms with van der Waals surface area (Å²) in [6.45, 7) is 3.58. The van der Waals surface area contributed by atoms with E-state index in [2.05, 4.69) is 31.4 Å². The summed E-state index contributed by atoms with van der Waals surface area (Å²) >= 11 is 4.72. The highest BCUT2D eigenvalue weighted by atomic mass is 79.9. The predicted octanol–water partition coefficient (Wildman–Crippen LogP) is 1.95. The zero-order chi connectivity index (χ0) is 16.0. The van der Waals surface area contributed by atoms with Crippen LogP contribution in [0.5, 0.6) is 0 Å². The number of nitrogens with one attached hydrogen (secondary N) is 1. The Morgan fingerprint density at radius 3 is 2.77 bits per heavy atom. The van der Waals surface area contributed by atoms with E-state index in [1.54, 1.807) is 26.2 Å². The van der Waals surface area contributed by atoms with Crippen molar-refractivity contribution in [2.24, 2.45) is 7.05 Å². The molecule has 3 aromatic rings. The molecule has 7 nitrogen and oxygen atoms in total. The third-order valence-electron chi connectivity index (χ3n) is 3.07. The average molecular weight is 382 g/mol. The number of thiophene rings is 1. The molecule has 0 unspecified atom stereocenters. The molecule has 0 atom stereocenters. The van der Waals surface area contributed by atoms with E-state index in [0.717, 1.165) is 9.55 Å². The van der Waals surface area contributed by atoms with Gasteiger partial charge in [-0.3, -0.25) is 19.7 Å². The van der Waals surface area contributed by atoms with Crippen LogP contribution in [0.25, 0.3) is 10.2 Å². The van der Waals surface area contributed by atoms with Crippen molar-refractivity contribution >= 4 is 43.4 Å². The molecule has 3 aromatic heterocycles. The van der Waals surface area contributed by atoms with Crippen molar-refractivity contribution in [3.63, 3.8) is 0 Å². The molecule has 0 aliphatic carbocycles. The highest BCUT2D eigenvalue weighted by molar-refractivity contribution is 9.10. The summed E-state index contributed by atoms with van der Waals surface area (Å²) in [6, 6.07) is 1.77. The molecule has 0 bridgehead atoms. The minimum absolute atomic E-state index is 0.204. The molecule has 0 aliphatic rings. The van der Waals surface area contributed by atoms with Crippen LogP contribution in [0.2, 0.25) is 0 Å². The van der Waals surface area contributed by atoms with Gasteiger partial charge in [-0.25, -0.2) is 9.66 Å². The van der Waals surface area contributed by atoms with Crippen LogP contribution in [0.4, 0.5) is 0 Å². The van der Waals surface area contributed by atoms with Gasteiger partial charge in [0.15, 0.2) is 5.69 Å². The molecular formula is C13H12BrN5O2S. The fourth-order valence-electron chi connectivity index (χ4n) is 2.10. The van der Waals surface area contributed by atoms with E-state index in [4.69, 9.17) is 0 Å². The summed E-state index contributed by atoms with van der Waals surface area (Å²) in [4.78, 5) is 30.8. The standard InChI is InChI=1S/C13H12BrN5O2S/c1-6-4-8-12(22-6)15-7(2)19(13(8)21)17-11(20)10-9(14)5-18(3)16-10/h4-5H,1-3H3,(H,17,20). The Hall–Kier alpha value is -2.00. The van der Waals surface area contributed by atoms with Crippen molar-refractivity contribution < 1.29 is 4.79 Å². The molecule has 0 radical (unpaired) electrons. The monoisotopic (exact) mass is 381 g/mol. The first-order valence-corrected chi connectivity index (χ1v) is 7.98. The highest BCUT2D eigenvalue weighted by Gasteiger charge is 2.18. The van der Waals surface area contributed by atoms with E-state index < -0.39 is 5.91 Å². The fraction of sp³-hybridized carbons (Fsp3) is 0.231. The predicted molar refractivity (Wildman–Crippen MR) is 88.0 cm³/mol. The highest BCUT2D eigenvalue weighted by Crippen LogP contribution is 2.20. The van der Waals surface area contributed by atoms with E-state index >= 15 is 0 Å². The average Bonchev–Trinajstić information content (AvgIpc) is 2.96. The molecule has 3 heterocycles. The van der Waals surface area contributed by atoms with Crippen molar-refractivity contribution in [1.82, 2.24) is 19.4 Å². The summed E-state index contributed by atoms with van der Waals surface area (Å²) in [5, 5.41) is 4.55. The van der Waals surface area contributed by atoms with E-state index in [9.17, 15) is 9.59 Å². The second kappa shape index (κ2) is 5.33. The van der Waals surface area contributed by atoms with Crippen molar-refractivity contribution in [2.75, 3.05) is 5.43 Å². The topological polar surface area (TPSA) is 81.8 Å².